The van der Waals surface area contributed by atoms with Crippen LogP contribution in [-0.4, -0.2) is 20.1 Å². The molecule has 1 aliphatic rings. The van der Waals surface area contributed by atoms with E-state index in [1.165, 1.54) is 25.7 Å². The number of rotatable bonds is 4. The molecular formula is C15H23ClN2. The highest BCUT2D eigenvalue weighted by Crippen LogP contribution is 2.32. The minimum atomic E-state index is 0.622. The molecule has 0 aromatic heterocycles. The molecule has 2 atom stereocenters. The van der Waals surface area contributed by atoms with Gasteiger partial charge in [0.05, 0.1) is 10.7 Å². The fourth-order valence-electron chi connectivity index (χ4n) is 2.77. The van der Waals surface area contributed by atoms with Gasteiger partial charge in [-0.1, -0.05) is 24.9 Å². The summed E-state index contributed by atoms with van der Waals surface area (Å²) in [6, 6.07) is 6.87. The van der Waals surface area contributed by atoms with E-state index in [1.54, 1.807) is 0 Å². The lowest BCUT2D eigenvalue weighted by Gasteiger charge is -2.18. The highest BCUT2D eigenvalue weighted by molar-refractivity contribution is 6.33. The summed E-state index contributed by atoms with van der Waals surface area (Å²) in [4.78, 5) is 2.04. The average molecular weight is 267 g/mol. The van der Waals surface area contributed by atoms with Crippen LogP contribution in [0.15, 0.2) is 18.2 Å². The number of hydrogen-bond donors (Lipinski definition) is 1. The van der Waals surface area contributed by atoms with E-state index in [0.717, 1.165) is 22.3 Å². The molecule has 0 bridgehead atoms. The molecule has 18 heavy (non-hydrogen) atoms. The summed E-state index contributed by atoms with van der Waals surface area (Å²) in [6.45, 7) is 2.29. The Kier molecular flexibility index (Phi) is 4.39. The van der Waals surface area contributed by atoms with Crippen molar-refractivity contribution in [3.05, 3.63) is 23.2 Å². The maximum atomic E-state index is 6.28. The van der Waals surface area contributed by atoms with Crippen molar-refractivity contribution in [2.45, 2.75) is 38.6 Å². The molecule has 1 aromatic carbocycles. The van der Waals surface area contributed by atoms with Crippen molar-refractivity contribution in [1.82, 2.24) is 0 Å². The number of nitrogens with zero attached hydrogens (tertiary/aromatic N) is 1. The van der Waals surface area contributed by atoms with Gasteiger partial charge in [0.15, 0.2) is 0 Å². The molecule has 0 aliphatic heterocycles. The molecule has 0 heterocycles. The maximum absolute atomic E-state index is 6.28. The van der Waals surface area contributed by atoms with Crippen LogP contribution >= 0.6 is 11.6 Å². The van der Waals surface area contributed by atoms with Crippen molar-refractivity contribution in [3.8, 4) is 0 Å². The van der Waals surface area contributed by atoms with Gasteiger partial charge in [-0.15, -0.1) is 0 Å². The van der Waals surface area contributed by atoms with E-state index in [9.17, 15) is 0 Å². The second kappa shape index (κ2) is 5.83. The molecule has 2 rings (SSSR count). The Morgan fingerprint density at radius 1 is 1.33 bits per heavy atom. The summed E-state index contributed by atoms with van der Waals surface area (Å²) in [5.41, 5.74) is 2.22. The molecule has 100 valence electrons. The third-order valence-corrected chi connectivity index (χ3v) is 4.22. The van der Waals surface area contributed by atoms with Crippen LogP contribution in [0.3, 0.4) is 0 Å². The van der Waals surface area contributed by atoms with Crippen molar-refractivity contribution in [3.63, 3.8) is 0 Å². The zero-order valence-corrected chi connectivity index (χ0v) is 12.3. The topological polar surface area (TPSA) is 15.3 Å². The van der Waals surface area contributed by atoms with Gasteiger partial charge in [0.25, 0.3) is 0 Å². The van der Waals surface area contributed by atoms with Crippen LogP contribution in [0.2, 0.25) is 5.02 Å². The fraction of sp³-hybridized carbons (Fsp3) is 0.600. The Labute approximate surface area is 115 Å². The van der Waals surface area contributed by atoms with Gasteiger partial charge in [0.2, 0.25) is 0 Å². The SMILES string of the molecule is CCC1CCC(Nc2ccc(N(C)C)c(Cl)c2)C1. The van der Waals surface area contributed by atoms with Crippen LogP contribution in [0.5, 0.6) is 0 Å². The molecule has 3 heteroatoms. The predicted molar refractivity (Wildman–Crippen MR) is 80.8 cm³/mol. The molecule has 1 aliphatic carbocycles. The van der Waals surface area contributed by atoms with E-state index in [0.29, 0.717) is 6.04 Å². The van der Waals surface area contributed by atoms with Crippen molar-refractivity contribution >= 4 is 23.0 Å². The van der Waals surface area contributed by atoms with Gasteiger partial charge in [0, 0.05) is 25.8 Å². The lowest BCUT2D eigenvalue weighted by molar-refractivity contribution is 0.525. The minimum Gasteiger partial charge on any atom is -0.382 e. The van der Waals surface area contributed by atoms with Crippen molar-refractivity contribution in [2.75, 3.05) is 24.3 Å². The molecule has 1 fully saturated rings. The monoisotopic (exact) mass is 266 g/mol. The Morgan fingerprint density at radius 2 is 2.11 bits per heavy atom. The number of anilines is 2. The first-order chi connectivity index (χ1) is 8.60. The molecule has 1 N–H and O–H groups in total. The highest BCUT2D eigenvalue weighted by Gasteiger charge is 2.23. The zero-order valence-electron chi connectivity index (χ0n) is 11.5. The first-order valence-electron chi connectivity index (χ1n) is 6.83. The Morgan fingerprint density at radius 3 is 2.67 bits per heavy atom. The smallest absolute Gasteiger partial charge is 0.0659 e. The molecule has 1 saturated carbocycles. The quantitative estimate of drug-likeness (QED) is 0.869. The molecule has 0 radical (unpaired) electrons. The second-order valence-corrected chi connectivity index (χ2v) is 5.90. The van der Waals surface area contributed by atoms with E-state index in [-0.39, 0.29) is 0 Å². The lowest BCUT2D eigenvalue weighted by atomic mass is 10.1. The van der Waals surface area contributed by atoms with Crippen LogP contribution in [0.25, 0.3) is 0 Å². The van der Waals surface area contributed by atoms with Crippen LogP contribution in [-0.2, 0) is 0 Å². The third kappa shape index (κ3) is 3.11. The van der Waals surface area contributed by atoms with E-state index >= 15 is 0 Å². The Bertz CT molecular complexity index is 403. The van der Waals surface area contributed by atoms with Gasteiger partial charge < -0.3 is 10.2 Å². The van der Waals surface area contributed by atoms with Gasteiger partial charge in [-0.25, -0.2) is 0 Å². The van der Waals surface area contributed by atoms with Gasteiger partial charge in [-0.2, -0.15) is 0 Å². The van der Waals surface area contributed by atoms with E-state index in [2.05, 4.69) is 24.4 Å². The molecule has 2 nitrogen and oxygen atoms in total. The van der Waals surface area contributed by atoms with Gasteiger partial charge in [-0.3, -0.25) is 0 Å². The van der Waals surface area contributed by atoms with E-state index in [4.69, 9.17) is 11.6 Å². The minimum absolute atomic E-state index is 0.622. The summed E-state index contributed by atoms with van der Waals surface area (Å²) < 4.78 is 0. The second-order valence-electron chi connectivity index (χ2n) is 5.49. The summed E-state index contributed by atoms with van der Waals surface area (Å²) >= 11 is 6.28. The molecule has 0 amide bonds. The maximum Gasteiger partial charge on any atom is 0.0659 e. The number of hydrogen-bond acceptors (Lipinski definition) is 2. The highest BCUT2D eigenvalue weighted by atomic mass is 35.5. The standard InChI is InChI=1S/C15H23ClN2/c1-4-11-5-6-12(9-11)17-13-7-8-15(18(2)3)14(16)10-13/h7-8,10-12,17H,4-6,9H2,1-3H3. The first kappa shape index (κ1) is 13.5. The fourth-order valence-corrected chi connectivity index (χ4v) is 3.12. The number of halogens is 1. The van der Waals surface area contributed by atoms with Crippen LogP contribution in [0, 0.1) is 5.92 Å². The first-order valence-corrected chi connectivity index (χ1v) is 7.21. The van der Waals surface area contributed by atoms with Gasteiger partial charge in [0.1, 0.15) is 0 Å². The summed E-state index contributed by atoms with van der Waals surface area (Å²) in [7, 11) is 4.02. The van der Waals surface area contributed by atoms with Gasteiger partial charge in [-0.05, 0) is 43.4 Å². The predicted octanol–water partition coefficient (Wildman–Crippen LogP) is 4.40. The lowest BCUT2D eigenvalue weighted by Crippen LogP contribution is -2.16. The Balaban J connectivity index is 2.00. The van der Waals surface area contributed by atoms with Crippen molar-refractivity contribution in [2.24, 2.45) is 5.92 Å². The van der Waals surface area contributed by atoms with Gasteiger partial charge >= 0.3 is 0 Å². The Hall–Kier alpha value is -0.890. The van der Waals surface area contributed by atoms with E-state index in [1.807, 2.05) is 25.1 Å². The zero-order chi connectivity index (χ0) is 13.1. The molecule has 1 aromatic rings. The molecule has 2 unspecified atom stereocenters. The van der Waals surface area contributed by atoms with Crippen LogP contribution in [0.1, 0.15) is 32.6 Å². The third-order valence-electron chi connectivity index (χ3n) is 3.92. The molecule has 0 saturated heterocycles. The summed E-state index contributed by atoms with van der Waals surface area (Å²) in [5.74, 6) is 0.902. The molecule has 0 spiro atoms. The number of benzene rings is 1. The summed E-state index contributed by atoms with van der Waals surface area (Å²) in [6.07, 6.45) is 5.24. The van der Waals surface area contributed by atoms with E-state index < -0.39 is 0 Å². The van der Waals surface area contributed by atoms with Crippen LogP contribution in [0.4, 0.5) is 11.4 Å². The van der Waals surface area contributed by atoms with Crippen molar-refractivity contribution in [1.29, 1.82) is 0 Å². The van der Waals surface area contributed by atoms with Crippen molar-refractivity contribution < 1.29 is 0 Å². The number of nitrogens with one attached hydrogen (secondary N) is 1. The average Bonchev–Trinajstić information content (AvgIpc) is 2.76. The normalized spacial score (nSPS) is 23.1. The van der Waals surface area contributed by atoms with Crippen LogP contribution < -0.4 is 10.2 Å². The summed E-state index contributed by atoms with van der Waals surface area (Å²) in [5, 5.41) is 4.42. The largest absolute Gasteiger partial charge is 0.382 e. The molecular weight excluding hydrogens is 244 g/mol.